The first-order valence-electron chi connectivity index (χ1n) is 6.18. The van der Waals surface area contributed by atoms with Gasteiger partial charge in [-0.25, -0.2) is 4.68 Å². The van der Waals surface area contributed by atoms with Gasteiger partial charge >= 0.3 is 0 Å². The number of rotatable bonds is 5. The molecule has 1 heterocycles. The Morgan fingerprint density at radius 3 is 2.94 bits per heavy atom. The lowest BCUT2D eigenvalue weighted by atomic mass is 10.0. The maximum atomic E-state index is 12.0. The number of carbonyl (C=O) groups is 1. The highest BCUT2D eigenvalue weighted by Gasteiger charge is 2.12. The molecule has 0 N–H and O–H groups in total. The van der Waals surface area contributed by atoms with Crippen LogP contribution in [0.2, 0.25) is 0 Å². The number of nitrogens with zero attached hydrogens (tertiary/aromatic N) is 3. The van der Waals surface area contributed by atoms with Gasteiger partial charge in [0.2, 0.25) is 0 Å². The Morgan fingerprint density at radius 1 is 1.39 bits per heavy atom. The van der Waals surface area contributed by atoms with E-state index in [-0.39, 0.29) is 5.78 Å². The normalized spacial score (nSPS) is 10.6. The van der Waals surface area contributed by atoms with Crippen molar-refractivity contribution < 1.29 is 4.79 Å². The smallest absolute Gasteiger partial charge is 0.182 e. The van der Waals surface area contributed by atoms with Crippen LogP contribution in [0.15, 0.2) is 30.5 Å². The Hall–Kier alpha value is -1.97. The summed E-state index contributed by atoms with van der Waals surface area (Å²) in [5.74, 6) is 0.100. The van der Waals surface area contributed by atoms with Gasteiger partial charge in [0, 0.05) is 13.0 Å². The first kappa shape index (κ1) is 12.5. The van der Waals surface area contributed by atoms with Gasteiger partial charge < -0.3 is 0 Å². The SMILES string of the molecule is CCn1nncc1C(=O)CCc1cccc(C)c1. The molecular formula is C14H17N3O. The Labute approximate surface area is 107 Å². The molecule has 1 aromatic carbocycles. The molecule has 4 nitrogen and oxygen atoms in total. The van der Waals surface area contributed by atoms with E-state index >= 15 is 0 Å². The molecular weight excluding hydrogens is 226 g/mol. The van der Waals surface area contributed by atoms with Crippen LogP contribution in [0.4, 0.5) is 0 Å². The van der Waals surface area contributed by atoms with E-state index in [9.17, 15) is 4.79 Å². The molecule has 0 bridgehead atoms. The van der Waals surface area contributed by atoms with Gasteiger partial charge in [-0.2, -0.15) is 0 Å². The first-order valence-corrected chi connectivity index (χ1v) is 6.18. The standard InChI is InChI=1S/C14H17N3O/c1-3-17-13(10-15-16-17)14(18)8-7-12-6-4-5-11(2)9-12/h4-6,9-10H,3,7-8H2,1-2H3. The molecule has 2 rings (SSSR count). The highest BCUT2D eigenvalue weighted by atomic mass is 16.1. The highest BCUT2D eigenvalue weighted by Crippen LogP contribution is 2.09. The number of benzene rings is 1. The van der Waals surface area contributed by atoms with Gasteiger partial charge in [0.25, 0.3) is 0 Å². The van der Waals surface area contributed by atoms with Crippen molar-refractivity contribution in [3.05, 3.63) is 47.3 Å². The van der Waals surface area contributed by atoms with Crippen molar-refractivity contribution in [3.63, 3.8) is 0 Å². The van der Waals surface area contributed by atoms with Crippen LogP contribution in [-0.4, -0.2) is 20.8 Å². The van der Waals surface area contributed by atoms with Crippen molar-refractivity contribution in [2.24, 2.45) is 0 Å². The molecule has 1 aromatic heterocycles. The van der Waals surface area contributed by atoms with Crippen molar-refractivity contribution in [3.8, 4) is 0 Å². The Bertz CT molecular complexity index is 545. The van der Waals surface area contributed by atoms with Crippen LogP contribution in [0.3, 0.4) is 0 Å². The van der Waals surface area contributed by atoms with E-state index in [0.29, 0.717) is 18.7 Å². The monoisotopic (exact) mass is 243 g/mol. The van der Waals surface area contributed by atoms with Gasteiger partial charge in [-0.15, -0.1) is 5.10 Å². The fourth-order valence-corrected chi connectivity index (χ4v) is 1.96. The third-order valence-electron chi connectivity index (χ3n) is 2.93. The molecule has 0 unspecified atom stereocenters. The van der Waals surface area contributed by atoms with Crippen molar-refractivity contribution in [2.45, 2.75) is 33.2 Å². The minimum atomic E-state index is 0.100. The number of ketones is 1. The summed E-state index contributed by atoms with van der Waals surface area (Å²) < 4.78 is 1.64. The molecule has 18 heavy (non-hydrogen) atoms. The molecule has 0 aliphatic heterocycles. The van der Waals surface area contributed by atoms with E-state index < -0.39 is 0 Å². The van der Waals surface area contributed by atoms with E-state index in [1.807, 2.05) is 13.0 Å². The third-order valence-corrected chi connectivity index (χ3v) is 2.93. The van der Waals surface area contributed by atoms with Crippen molar-refractivity contribution >= 4 is 5.78 Å². The molecule has 0 saturated heterocycles. The summed E-state index contributed by atoms with van der Waals surface area (Å²) in [4.78, 5) is 12.0. The first-order chi connectivity index (χ1) is 8.70. The summed E-state index contributed by atoms with van der Waals surface area (Å²) in [5, 5.41) is 7.65. The minimum Gasteiger partial charge on any atom is -0.292 e. The van der Waals surface area contributed by atoms with Gasteiger partial charge in [-0.05, 0) is 25.8 Å². The number of hydrogen-bond acceptors (Lipinski definition) is 3. The third kappa shape index (κ3) is 2.83. The average molecular weight is 243 g/mol. The van der Waals surface area contributed by atoms with E-state index in [0.717, 1.165) is 6.42 Å². The second kappa shape index (κ2) is 5.58. The summed E-state index contributed by atoms with van der Waals surface area (Å²) in [6, 6.07) is 8.24. The maximum Gasteiger partial charge on any atom is 0.182 e. The molecule has 0 radical (unpaired) electrons. The van der Waals surface area contributed by atoms with Crippen LogP contribution < -0.4 is 0 Å². The highest BCUT2D eigenvalue weighted by molar-refractivity contribution is 5.94. The van der Waals surface area contributed by atoms with Gasteiger partial charge in [0.1, 0.15) is 5.69 Å². The lowest BCUT2D eigenvalue weighted by Gasteiger charge is -2.03. The molecule has 0 amide bonds. The number of Topliss-reactive ketones (excluding diaryl/α,β-unsaturated/α-hetero) is 1. The van der Waals surface area contributed by atoms with Crippen LogP contribution >= 0.6 is 0 Å². The topological polar surface area (TPSA) is 47.8 Å². The quantitative estimate of drug-likeness (QED) is 0.758. The summed E-state index contributed by atoms with van der Waals surface area (Å²) in [7, 11) is 0. The maximum absolute atomic E-state index is 12.0. The fourth-order valence-electron chi connectivity index (χ4n) is 1.96. The molecule has 0 atom stereocenters. The zero-order valence-corrected chi connectivity index (χ0v) is 10.8. The molecule has 0 saturated carbocycles. The molecule has 0 fully saturated rings. The van der Waals surface area contributed by atoms with Gasteiger partial charge in [0.05, 0.1) is 6.20 Å². The molecule has 4 heteroatoms. The molecule has 0 spiro atoms. The van der Waals surface area contributed by atoms with Gasteiger partial charge in [-0.1, -0.05) is 35.0 Å². The van der Waals surface area contributed by atoms with Crippen LogP contribution in [-0.2, 0) is 13.0 Å². The zero-order valence-electron chi connectivity index (χ0n) is 10.8. The molecule has 2 aromatic rings. The van der Waals surface area contributed by atoms with E-state index in [1.165, 1.54) is 11.1 Å². The fraction of sp³-hybridized carbons (Fsp3) is 0.357. The number of carbonyl (C=O) groups excluding carboxylic acids is 1. The van der Waals surface area contributed by atoms with E-state index in [4.69, 9.17) is 0 Å². The van der Waals surface area contributed by atoms with E-state index in [1.54, 1.807) is 10.9 Å². The van der Waals surface area contributed by atoms with E-state index in [2.05, 4.69) is 35.4 Å². The molecule has 0 aliphatic carbocycles. The summed E-state index contributed by atoms with van der Waals surface area (Å²) in [6.07, 6.45) is 2.80. The zero-order chi connectivity index (χ0) is 13.0. The van der Waals surface area contributed by atoms with Crippen LogP contribution in [0, 0.1) is 6.92 Å². The Kier molecular flexibility index (Phi) is 3.87. The summed E-state index contributed by atoms with van der Waals surface area (Å²) in [6.45, 7) is 4.68. The predicted octanol–water partition coefficient (Wildman–Crippen LogP) is 2.42. The van der Waals surface area contributed by atoms with Gasteiger partial charge in [0.15, 0.2) is 5.78 Å². The number of aryl methyl sites for hydroxylation is 3. The number of hydrogen-bond donors (Lipinski definition) is 0. The van der Waals surface area contributed by atoms with Crippen LogP contribution in [0.1, 0.15) is 35.0 Å². The van der Waals surface area contributed by atoms with Crippen molar-refractivity contribution in [1.29, 1.82) is 0 Å². The second-order valence-electron chi connectivity index (χ2n) is 4.35. The largest absolute Gasteiger partial charge is 0.292 e. The number of aromatic nitrogens is 3. The summed E-state index contributed by atoms with van der Waals surface area (Å²) >= 11 is 0. The Balaban J connectivity index is 2.00. The predicted molar refractivity (Wildman–Crippen MR) is 69.5 cm³/mol. The average Bonchev–Trinajstić information content (AvgIpc) is 2.84. The van der Waals surface area contributed by atoms with Crippen molar-refractivity contribution in [2.75, 3.05) is 0 Å². The van der Waals surface area contributed by atoms with Crippen molar-refractivity contribution in [1.82, 2.24) is 15.0 Å². The summed E-state index contributed by atoms with van der Waals surface area (Å²) in [5.41, 5.74) is 3.02. The lowest BCUT2D eigenvalue weighted by Crippen LogP contribution is -2.10. The molecule has 94 valence electrons. The van der Waals surface area contributed by atoms with Gasteiger partial charge in [-0.3, -0.25) is 4.79 Å². The Morgan fingerprint density at radius 2 is 2.22 bits per heavy atom. The van der Waals surface area contributed by atoms with Crippen LogP contribution in [0.5, 0.6) is 0 Å². The second-order valence-corrected chi connectivity index (χ2v) is 4.35. The minimum absolute atomic E-state index is 0.100. The van der Waals surface area contributed by atoms with Crippen LogP contribution in [0.25, 0.3) is 0 Å². The molecule has 0 aliphatic rings. The lowest BCUT2D eigenvalue weighted by molar-refractivity contribution is 0.0972.